The van der Waals surface area contributed by atoms with Gasteiger partial charge in [0.05, 0.1) is 21.8 Å². The lowest BCUT2D eigenvalue weighted by atomic mass is 10.1. The number of sulfonamides is 1. The zero-order valence-electron chi connectivity index (χ0n) is 18.8. The fourth-order valence-electron chi connectivity index (χ4n) is 3.40. The summed E-state index contributed by atoms with van der Waals surface area (Å²) in [7, 11) is -2.38. The number of para-hydroxylation sites is 2. The first-order chi connectivity index (χ1) is 16.4. The van der Waals surface area contributed by atoms with Crippen molar-refractivity contribution in [1.29, 1.82) is 0 Å². The van der Waals surface area contributed by atoms with Crippen LogP contribution in [-0.4, -0.2) is 21.4 Å². The van der Waals surface area contributed by atoms with E-state index < -0.39 is 10.0 Å². The lowest BCUT2D eigenvalue weighted by molar-refractivity contribution is 0.102. The molecule has 0 bridgehead atoms. The molecule has 4 aromatic carbocycles. The SMILES string of the molecule is Cc1ccc(S(=O)(=O)N(C)c2ccccc2C(=O)Nc2ccccc2Sc2ccccc2)cc1. The second kappa shape index (κ2) is 10.2. The minimum atomic E-state index is -3.84. The molecule has 1 amide bonds. The number of carbonyl (C=O) groups excluding carboxylic acids is 1. The van der Waals surface area contributed by atoms with Gasteiger partial charge in [-0.2, -0.15) is 0 Å². The number of anilines is 2. The first-order valence-corrected chi connectivity index (χ1v) is 12.9. The molecule has 0 spiro atoms. The number of rotatable bonds is 7. The Morgan fingerprint density at radius 1 is 0.794 bits per heavy atom. The van der Waals surface area contributed by atoms with Gasteiger partial charge in [-0.3, -0.25) is 9.10 Å². The fraction of sp³-hybridized carbons (Fsp3) is 0.0741. The first-order valence-electron chi connectivity index (χ1n) is 10.6. The highest BCUT2D eigenvalue weighted by Gasteiger charge is 2.25. The molecule has 0 unspecified atom stereocenters. The topological polar surface area (TPSA) is 66.5 Å². The van der Waals surface area contributed by atoms with E-state index in [1.165, 1.54) is 7.05 Å². The zero-order valence-corrected chi connectivity index (χ0v) is 20.4. The van der Waals surface area contributed by atoms with Gasteiger partial charge < -0.3 is 5.32 Å². The number of hydrogen-bond donors (Lipinski definition) is 1. The van der Waals surface area contributed by atoms with Gasteiger partial charge in [0.2, 0.25) is 0 Å². The molecule has 34 heavy (non-hydrogen) atoms. The van der Waals surface area contributed by atoms with Crippen LogP contribution in [0.5, 0.6) is 0 Å². The molecule has 0 atom stereocenters. The van der Waals surface area contributed by atoms with E-state index in [0.717, 1.165) is 19.7 Å². The number of nitrogens with zero attached hydrogens (tertiary/aromatic N) is 1. The summed E-state index contributed by atoms with van der Waals surface area (Å²) >= 11 is 1.54. The highest BCUT2D eigenvalue weighted by Crippen LogP contribution is 2.34. The Hall–Kier alpha value is -3.55. The van der Waals surface area contributed by atoms with Crippen molar-refractivity contribution in [2.24, 2.45) is 0 Å². The molecule has 4 aromatic rings. The van der Waals surface area contributed by atoms with Crippen molar-refractivity contribution in [2.45, 2.75) is 21.6 Å². The minimum Gasteiger partial charge on any atom is -0.321 e. The Balaban J connectivity index is 1.63. The average molecular weight is 489 g/mol. The van der Waals surface area contributed by atoms with Crippen molar-refractivity contribution in [3.05, 3.63) is 114 Å². The molecule has 0 saturated carbocycles. The van der Waals surface area contributed by atoms with Gasteiger partial charge in [-0.25, -0.2) is 8.42 Å². The van der Waals surface area contributed by atoms with Crippen LogP contribution in [-0.2, 0) is 10.0 Å². The minimum absolute atomic E-state index is 0.167. The van der Waals surface area contributed by atoms with Gasteiger partial charge >= 0.3 is 0 Å². The number of amides is 1. The maximum atomic E-state index is 13.3. The van der Waals surface area contributed by atoms with E-state index in [0.29, 0.717) is 11.4 Å². The third-order valence-electron chi connectivity index (χ3n) is 5.27. The third kappa shape index (κ3) is 5.16. The molecule has 0 aromatic heterocycles. The van der Waals surface area contributed by atoms with E-state index in [4.69, 9.17) is 0 Å². The van der Waals surface area contributed by atoms with Crippen LogP contribution in [0.15, 0.2) is 118 Å². The summed E-state index contributed by atoms with van der Waals surface area (Å²) in [5, 5.41) is 2.96. The van der Waals surface area contributed by atoms with Crippen molar-refractivity contribution < 1.29 is 13.2 Å². The normalized spacial score (nSPS) is 11.1. The molecular formula is C27H24N2O3S2. The van der Waals surface area contributed by atoms with Gasteiger partial charge in [0, 0.05) is 16.8 Å². The monoisotopic (exact) mass is 488 g/mol. The lowest BCUT2D eigenvalue weighted by Crippen LogP contribution is -2.29. The van der Waals surface area contributed by atoms with Gasteiger partial charge in [0.1, 0.15) is 0 Å². The van der Waals surface area contributed by atoms with Crippen LogP contribution in [0.4, 0.5) is 11.4 Å². The third-order valence-corrected chi connectivity index (χ3v) is 8.14. The molecular weight excluding hydrogens is 464 g/mol. The molecule has 172 valence electrons. The zero-order chi connectivity index (χ0) is 24.1. The summed E-state index contributed by atoms with van der Waals surface area (Å²) < 4.78 is 27.6. The van der Waals surface area contributed by atoms with E-state index in [1.807, 2.05) is 61.5 Å². The van der Waals surface area contributed by atoms with Crippen molar-refractivity contribution in [3.63, 3.8) is 0 Å². The largest absolute Gasteiger partial charge is 0.321 e. The van der Waals surface area contributed by atoms with E-state index >= 15 is 0 Å². The van der Waals surface area contributed by atoms with Gasteiger partial charge in [-0.15, -0.1) is 0 Å². The quantitative estimate of drug-likeness (QED) is 0.335. The molecule has 4 rings (SSSR count). The maximum absolute atomic E-state index is 13.3. The standard InChI is InChI=1S/C27H24N2O3S2/c1-20-16-18-22(19-17-20)34(31,32)29(2)25-14-8-6-12-23(25)27(30)28-24-13-7-9-15-26(24)33-21-10-4-3-5-11-21/h3-19H,1-2H3,(H,28,30). The van der Waals surface area contributed by atoms with Crippen LogP contribution >= 0.6 is 11.8 Å². The second-order valence-electron chi connectivity index (χ2n) is 7.67. The Morgan fingerprint density at radius 2 is 1.41 bits per heavy atom. The molecule has 1 N–H and O–H groups in total. The van der Waals surface area contributed by atoms with Crippen molar-refractivity contribution >= 4 is 39.1 Å². The molecule has 7 heteroatoms. The molecule has 0 fully saturated rings. The first kappa shape index (κ1) is 23.6. The summed E-state index contributed by atoms with van der Waals surface area (Å²) in [4.78, 5) is 15.4. The Morgan fingerprint density at radius 3 is 2.15 bits per heavy atom. The number of carbonyl (C=O) groups is 1. The van der Waals surface area contributed by atoms with Crippen LogP contribution in [0.3, 0.4) is 0 Å². The predicted molar refractivity (Wildman–Crippen MR) is 138 cm³/mol. The fourth-order valence-corrected chi connectivity index (χ4v) is 5.54. The van der Waals surface area contributed by atoms with E-state index in [1.54, 1.807) is 60.3 Å². The highest BCUT2D eigenvalue weighted by molar-refractivity contribution is 7.99. The summed E-state index contributed by atoms with van der Waals surface area (Å²) in [6.45, 7) is 1.90. The van der Waals surface area contributed by atoms with Crippen LogP contribution in [0, 0.1) is 6.92 Å². The molecule has 0 saturated heterocycles. The number of nitrogens with one attached hydrogen (secondary N) is 1. The smallest absolute Gasteiger partial charge is 0.264 e. The molecule has 0 heterocycles. The van der Waals surface area contributed by atoms with Crippen LogP contribution in [0.2, 0.25) is 0 Å². The Labute approximate surface area is 204 Å². The summed E-state index contributed by atoms with van der Waals surface area (Å²) in [5.41, 5.74) is 2.18. The van der Waals surface area contributed by atoms with Gasteiger partial charge in [-0.05, 0) is 55.5 Å². The number of benzene rings is 4. The summed E-state index contributed by atoms with van der Waals surface area (Å²) in [6, 6.07) is 30.7. The van der Waals surface area contributed by atoms with E-state index in [2.05, 4.69) is 5.32 Å². The van der Waals surface area contributed by atoms with Crippen LogP contribution in [0.1, 0.15) is 15.9 Å². The van der Waals surface area contributed by atoms with Crippen molar-refractivity contribution in [2.75, 3.05) is 16.7 Å². The average Bonchev–Trinajstić information content (AvgIpc) is 2.85. The summed E-state index contributed by atoms with van der Waals surface area (Å²) in [6.07, 6.45) is 0. The number of aryl methyl sites for hydroxylation is 1. The summed E-state index contributed by atoms with van der Waals surface area (Å²) in [5.74, 6) is -0.386. The van der Waals surface area contributed by atoms with E-state index in [9.17, 15) is 13.2 Å². The van der Waals surface area contributed by atoms with Crippen LogP contribution < -0.4 is 9.62 Å². The maximum Gasteiger partial charge on any atom is 0.264 e. The second-order valence-corrected chi connectivity index (χ2v) is 10.8. The Bertz CT molecular complexity index is 1400. The van der Waals surface area contributed by atoms with Crippen molar-refractivity contribution in [1.82, 2.24) is 0 Å². The van der Waals surface area contributed by atoms with Gasteiger partial charge in [0.15, 0.2) is 0 Å². The van der Waals surface area contributed by atoms with Crippen molar-refractivity contribution in [3.8, 4) is 0 Å². The Kier molecular flexibility index (Phi) is 7.05. The molecule has 0 aliphatic rings. The highest BCUT2D eigenvalue weighted by atomic mass is 32.2. The van der Waals surface area contributed by atoms with Gasteiger partial charge in [0.25, 0.3) is 15.9 Å². The lowest BCUT2D eigenvalue weighted by Gasteiger charge is -2.22. The van der Waals surface area contributed by atoms with Gasteiger partial charge in [-0.1, -0.05) is 71.9 Å². The van der Waals surface area contributed by atoms with Crippen LogP contribution in [0.25, 0.3) is 0 Å². The predicted octanol–water partition coefficient (Wildman–Crippen LogP) is 6.22. The van der Waals surface area contributed by atoms with E-state index in [-0.39, 0.29) is 16.4 Å². The molecule has 0 aliphatic carbocycles. The number of hydrogen-bond acceptors (Lipinski definition) is 4. The molecule has 0 radical (unpaired) electrons. The molecule has 0 aliphatic heterocycles. The molecule has 5 nitrogen and oxygen atoms in total.